The van der Waals surface area contributed by atoms with Crippen LogP contribution in [0, 0.1) is 0 Å². The van der Waals surface area contributed by atoms with Crippen molar-refractivity contribution in [3.05, 3.63) is 65.2 Å². The summed E-state index contributed by atoms with van der Waals surface area (Å²) in [6.45, 7) is 7.49. The first kappa shape index (κ1) is 15.6. The summed E-state index contributed by atoms with van der Waals surface area (Å²) in [6.07, 6.45) is 0. The molecule has 0 saturated heterocycles. The van der Waals surface area contributed by atoms with E-state index in [2.05, 4.69) is 62.5 Å². The summed E-state index contributed by atoms with van der Waals surface area (Å²) in [5.41, 5.74) is 3.95. The SMILES string of the molecule is COc1cccc([C@@H](C)NCc2ccc(C(C)C)cc2)c1. The van der Waals surface area contributed by atoms with Crippen molar-refractivity contribution in [2.45, 2.75) is 39.3 Å². The minimum absolute atomic E-state index is 0.296. The number of methoxy groups -OCH3 is 1. The molecular formula is C19H25NO. The molecule has 0 heterocycles. The molecule has 0 aromatic heterocycles. The summed E-state index contributed by atoms with van der Waals surface area (Å²) in [7, 11) is 1.70. The molecule has 2 heteroatoms. The Hall–Kier alpha value is -1.80. The van der Waals surface area contributed by atoms with Crippen molar-refractivity contribution < 1.29 is 4.74 Å². The number of ether oxygens (including phenoxy) is 1. The Morgan fingerprint density at radius 3 is 2.29 bits per heavy atom. The molecule has 0 amide bonds. The molecule has 2 rings (SSSR count). The van der Waals surface area contributed by atoms with E-state index < -0.39 is 0 Å². The Bertz CT molecular complexity index is 560. The molecule has 0 radical (unpaired) electrons. The Morgan fingerprint density at radius 1 is 0.952 bits per heavy atom. The van der Waals surface area contributed by atoms with E-state index in [4.69, 9.17) is 4.74 Å². The minimum atomic E-state index is 0.296. The smallest absolute Gasteiger partial charge is 0.119 e. The van der Waals surface area contributed by atoms with Gasteiger partial charge in [0.15, 0.2) is 0 Å². The average Bonchev–Trinajstić information content (AvgIpc) is 2.53. The Balaban J connectivity index is 1.95. The zero-order valence-electron chi connectivity index (χ0n) is 13.4. The van der Waals surface area contributed by atoms with Crippen LogP contribution in [0.15, 0.2) is 48.5 Å². The lowest BCUT2D eigenvalue weighted by Gasteiger charge is -2.15. The number of nitrogens with one attached hydrogen (secondary N) is 1. The van der Waals surface area contributed by atoms with E-state index in [0.29, 0.717) is 12.0 Å². The Morgan fingerprint density at radius 2 is 1.67 bits per heavy atom. The maximum atomic E-state index is 5.28. The number of hydrogen-bond acceptors (Lipinski definition) is 2. The molecular weight excluding hydrogens is 258 g/mol. The second-order valence-corrected chi connectivity index (χ2v) is 5.78. The van der Waals surface area contributed by atoms with Crippen molar-refractivity contribution in [3.63, 3.8) is 0 Å². The van der Waals surface area contributed by atoms with Gasteiger partial charge in [-0.15, -0.1) is 0 Å². The standard InChI is InChI=1S/C19H25NO/c1-14(2)17-10-8-16(9-11-17)13-20-15(3)18-6-5-7-19(12-18)21-4/h5-12,14-15,20H,13H2,1-4H3/t15-/m1/s1. The molecule has 2 nitrogen and oxygen atoms in total. The van der Waals surface area contributed by atoms with Gasteiger partial charge in [0.1, 0.15) is 5.75 Å². The van der Waals surface area contributed by atoms with Crippen LogP contribution in [0.5, 0.6) is 5.75 Å². The molecule has 2 aromatic carbocycles. The van der Waals surface area contributed by atoms with Gasteiger partial charge < -0.3 is 10.1 Å². The fraction of sp³-hybridized carbons (Fsp3) is 0.368. The normalized spacial score (nSPS) is 12.4. The predicted octanol–water partition coefficient (Wildman–Crippen LogP) is 4.67. The van der Waals surface area contributed by atoms with Gasteiger partial charge >= 0.3 is 0 Å². The molecule has 0 aliphatic carbocycles. The zero-order valence-corrected chi connectivity index (χ0v) is 13.4. The summed E-state index contributed by atoms with van der Waals surface area (Å²) >= 11 is 0. The summed E-state index contributed by atoms with van der Waals surface area (Å²) in [5.74, 6) is 1.49. The first-order valence-electron chi connectivity index (χ1n) is 7.56. The number of rotatable bonds is 6. The lowest BCUT2D eigenvalue weighted by Crippen LogP contribution is -2.18. The maximum Gasteiger partial charge on any atom is 0.119 e. The van der Waals surface area contributed by atoms with E-state index in [0.717, 1.165) is 12.3 Å². The highest BCUT2D eigenvalue weighted by atomic mass is 16.5. The van der Waals surface area contributed by atoms with Crippen LogP contribution >= 0.6 is 0 Å². The third-order valence-electron chi connectivity index (χ3n) is 3.85. The lowest BCUT2D eigenvalue weighted by atomic mass is 10.0. The van der Waals surface area contributed by atoms with Crippen LogP contribution in [0.25, 0.3) is 0 Å². The molecule has 0 aliphatic rings. The van der Waals surface area contributed by atoms with Crippen molar-refractivity contribution in [2.24, 2.45) is 0 Å². The van der Waals surface area contributed by atoms with Gasteiger partial charge in [-0.1, -0.05) is 50.2 Å². The van der Waals surface area contributed by atoms with Crippen molar-refractivity contribution in [2.75, 3.05) is 7.11 Å². The molecule has 0 saturated carbocycles. The minimum Gasteiger partial charge on any atom is -0.497 e. The van der Waals surface area contributed by atoms with Gasteiger partial charge in [0.2, 0.25) is 0 Å². The van der Waals surface area contributed by atoms with Gasteiger partial charge in [-0.2, -0.15) is 0 Å². The highest BCUT2D eigenvalue weighted by molar-refractivity contribution is 5.30. The van der Waals surface area contributed by atoms with E-state index in [9.17, 15) is 0 Å². The second-order valence-electron chi connectivity index (χ2n) is 5.78. The van der Waals surface area contributed by atoms with E-state index in [1.54, 1.807) is 7.11 Å². The second kappa shape index (κ2) is 7.28. The largest absolute Gasteiger partial charge is 0.497 e. The van der Waals surface area contributed by atoms with Gasteiger partial charge in [0, 0.05) is 12.6 Å². The summed E-state index contributed by atoms with van der Waals surface area (Å²) in [4.78, 5) is 0. The summed E-state index contributed by atoms with van der Waals surface area (Å²) in [5, 5.41) is 3.56. The first-order chi connectivity index (χ1) is 10.1. The van der Waals surface area contributed by atoms with Crippen molar-refractivity contribution in [1.29, 1.82) is 0 Å². The van der Waals surface area contributed by atoms with Gasteiger partial charge in [-0.05, 0) is 41.7 Å². The molecule has 112 valence electrons. The molecule has 1 atom stereocenters. The van der Waals surface area contributed by atoms with Crippen molar-refractivity contribution >= 4 is 0 Å². The van der Waals surface area contributed by atoms with E-state index in [1.807, 2.05) is 12.1 Å². The molecule has 1 N–H and O–H groups in total. The molecule has 0 unspecified atom stereocenters. The molecule has 0 bridgehead atoms. The van der Waals surface area contributed by atoms with Crippen LogP contribution in [0.1, 0.15) is 49.4 Å². The third-order valence-corrected chi connectivity index (χ3v) is 3.85. The fourth-order valence-electron chi connectivity index (χ4n) is 2.32. The van der Waals surface area contributed by atoms with Crippen molar-refractivity contribution in [1.82, 2.24) is 5.32 Å². The highest BCUT2D eigenvalue weighted by Gasteiger charge is 2.06. The first-order valence-corrected chi connectivity index (χ1v) is 7.56. The van der Waals surface area contributed by atoms with Gasteiger partial charge in [-0.3, -0.25) is 0 Å². The van der Waals surface area contributed by atoms with E-state index in [-0.39, 0.29) is 0 Å². The zero-order chi connectivity index (χ0) is 15.2. The maximum absolute atomic E-state index is 5.28. The lowest BCUT2D eigenvalue weighted by molar-refractivity contribution is 0.413. The van der Waals surface area contributed by atoms with Crippen LogP contribution in [0.4, 0.5) is 0 Å². The van der Waals surface area contributed by atoms with Crippen molar-refractivity contribution in [3.8, 4) is 5.75 Å². The number of hydrogen-bond donors (Lipinski definition) is 1. The quantitative estimate of drug-likeness (QED) is 0.832. The van der Waals surface area contributed by atoms with Gasteiger partial charge in [0.25, 0.3) is 0 Å². The third kappa shape index (κ3) is 4.33. The topological polar surface area (TPSA) is 21.3 Å². The number of benzene rings is 2. The average molecular weight is 283 g/mol. The fourth-order valence-corrected chi connectivity index (χ4v) is 2.32. The highest BCUT2D eigenvalue weighted by Crippen LogP contribution is 2.19. The summed E-state index contributed by atoms with van der Waals surface area (Å²) < 4.78 is 5.28. The van der Waals surface area contributed by atoms with Crippen LogP contribution in [-0.2, 0) is 6.54 Å². The van der Waals surface area contributed by atoms with Crippen LogP contribution < -0.4 is 10.1 Å². The van der Waals surface area contributed by atoms with Crippen LogP contribution in [-0.4, -0.2) is 7.11 Å². The molecule has 0 spiro atoms. The van der Waals surface area contributed by atoms with Gasteiger partial charge in [0.05, 0.1) is 7.11 Å². The summed E-state index contributed by atoms with van der Waals surface area (Å²) in [6, 6.07) is 17.4. The van der Waals surface area contributed by atoms with Crippen LogP contribution in [0.2, 0.25) is 0 Å². The van der Waals surface area contributed by atoms with E-state index >= 15 is 0 Å². The predicted molar refractivity (Wildman–Crippen MR) is 88.8 cm³/mol. The molecule has 21 heavy (non-hydrogen) atoms. The Labute approximate surface area is 128 Å². The van der Waals surface area contributed by atoms with Gasteiger partial charge in [-0.25, -0.2) is 0 Å². The monoisotopic (exact) mass is 283 g/mol. The molecule has 2 aromatic rings. The Kier molecular flexibility index (Phi) is 5.40. The van der Waals surface area contributed by atoms with E-state index in [1.165, 1.54) is 16.7 Å². The molecule has 0 aliphatic heterocycles. The van der Waals surface area contributed by atoms with Crippen LogP contribution in [0.3, 0.4) is 0 Å². The molecule has 0 fully saturated rings.